The van der Waals surface area contributed by atoms with E-state index in [1.807, 2.05) is 30.3 Å². The predicted octanol–water partition coefficient (Wildman–Crippen LogP) is 1.79. The molecule has 6 nitrogen and oxygen atoms in total. The van der Waals surface area contributed by atoms with Crippen molar-refractivity contribution in [3.05, 3.63) is 35.9 Å². The number of carboxylic acid groups (broad SMARTS) is 1. The van der Waals surface area contributed by atoms with E-state index in [1.165, 1.54) is 7.11 Å². The maximum atomic E-state index is 11.8. The lowest BCUT2D eigenvalue weighted by Gasteiger charge is -2.14. The fraction of sp³-hybridized carbons (Fsp3) is 0.500. The smallest absolute Gasteiger partial charge is 0.304 e. The molecule has 0 fully saturated rings. The molecule has 0 aliphatic carbocycles. The molecule has 1 unspecified atom stereocenters. The average Bonchev–Trinajstić information content (AvgIpc) is 2.51. The van der Waals surface area contributed by atoms with Crippen molar-refractivity contribution in [1.82, 2.24) is 5.32 Å². The van der Waals surface area contributed by atoms with Gasteiger partial charge in [-0.1, -0.05) is 30.3 Å². The molecule has 0 aromatic heterocycles. The fourth-order valence-corrected chi connectivity index (χ4v) is 2.02. The summed E-state index contributed by atoms with van der Waals surface area (Å²) in [6.45, 7) is 1.09. The van der Waals surface area contributed by atoms with Gasteiger partial charge in [-0.25, -0.2) is 0 Å². The van der Waals surface area contributed by atoms with E-state index in [0.29, 0.717) is 26.1 Å². The number of aliphatic carboxylic acids is 1. The van der Waals surface area contributed by atoms with Crippen LogP contribution in [0.1, 0.15) is 24.8 Å². The first-order chi connectivity index (χ1) is 10.6. The van der Waals surface area contributed by atoms with Crippen molar-refractivity contribution >= 4 is 11.9 Å². The molecular weight excluding hydrogens is 286 g/mol. The van der Waals surface area contributed by atoms with Crippen molar-refractivity contribution in [3.8, 4) is 0 Å². The quantitative estimate of drug-likeness (QED) is 0.481. The minimum atomic E-state index is -0.984. The highest BCUT2D eigenvalue weighted by Crippen LogP contribution is 2.12. The number of hydrogen-bond acceptors (Lipinski definition) is 4. The van der Waals surface area contributed by atoms with Crippen LogP contribution in [0.3, 0.4) is 0 Å². The van der Waals surface area contributed by atoms with E-state index in [2.05, 4.69) is 5.32 Å². The second-order valence-electron chi connectivity index (χ2n) is 4.95. The summed E-state index contributed by atoms with van der Waals surface area (Å²) in [5.41, 5.74) is 1.09. The molecule has 0 heterocycles. The zero-order valence-electron chi connectivity index (χ0n) is 12.8. The summed E-state index contributed by atoms with van der Waals surface area (Å²) in [5.74, 6) is -1.84. The Morgan fingerprint density at radius 3 is 2.64 bits per heavy atom. The molecule has 22 heavy (non-hydrogen) atoms. The van der Waals surface area contributed by atoms with Crippen LogP contribution < -0.4 is 5.32 Å². The normalized spacial score (nSPS) is 11.9. The molecule has 1 aromatic rings. The van der Waals surface area contributed by atoms with E-state index in [1.54, 1.807) is 0 Å². The largest absolute Gasteiger partial charge is 0.481 e. The summed E-state index contributed by atoms with van der Waals surface area (Å²) < 4.78 is 10.3. The molecule has 1 aromatic carbocycles. The Morgan fingerprint density at radius 1 is 1.27 bits per heavy atom. The van der Waals surface area contributed by atoms with Crippen LogP contribution in [0.25, 0.3) is 0 Å². The first-order valence-electron chi connectivity index (χ1n) is 7.23. The van der Waals surface area contributed by atoms with Crippen LogP contribution >= 0.6 is 0 Å². The Bertz CT molecular complexity index is 449. The van der Waals surface area contributed by atoms with Crippen molar-refractivity contribution in [3.63, 3.8) is 0 Å². The zero-order valence-corrected chi connectivity index (χ0v) is 12.8. The highest BCUT2D eigenvalue weighted by atomic mass is 16.5. The van der Waals surface area contributed by atoms with Gasteiger partial charge in [-0.15, -0.1) is 0 Å². The van der Waals surface area contributed by atoms with Gasteiger partial charge in [0, 0.05) is 19.6 Å². The number of carbonyl (C=O) groups is 2. The van der Waals surface area contributed by atoms with Crippen molar-refractivity contribution < 1.29 is 24.2 Å². The SMILES string of the molecule is COCNC(=O)C(CCCOCc1ccccc1)CC(=O)O. The molecule has 0 radical (unpaired) electrons. The molecule has 0 aliphatic heterocycles. The molecule has 122 valence electrons. The van der Waals surface area contributed by atoms with Crippen LogP contribution in [0.15, 0.2) is 30.3 Å². The van der Waals surface area contributed by atoms with Gasteiger partial charge in [0.15, 0.2) is 0 Å². The third kappa shape index (κ3) is 7.75. The Balaban J connectivity index is 2.27. The van der Waals surface area contributed by atoms with Gasteiger partial charge in [-0.2, -0.15) is 0 Å². The van der Waals surface area contributed by atoms with Crippen LogP contribution in [0.5, 0.6) is 0 Å². The van der Waals surface area contributed by atoms with Gasteiger partial charge in [0.2, 0.25) is 5.91 Å². The van der Waals surface area contributed by atoms with Crippen molar-refractivity contribution in [2.24, 2.45) is 5.92 Å². The van der Waals surface area contributed by atoms with Gasteiger partial charge >= 0.3 is 5.97 Å². The van der Waals surface area contributed by atoms with E-state index in [4.69, 9.17) is 14.6 Å². The van der Waals surface area contributed by atoms with Gasteiger partial charge in [0.25, 0.3) is 0 Å². The topological polar surface area (TPSA) is 84.9 Å². The van der Waals surface area contributed by atoms with E-state index >= 15 is 0 Å². The third-order valence-electron chi connectivity index (χ3n) is 3.14. The molecule has 0 spiro atoms. The Morgan fingerprint density at radius 2 is 2.00 bits per heavy atom. The van der Waals surface area contributed by atoms with Crippen molar-refractivity contribution in [2.45, 2.75) is 25.9 Å². The second-order valence-corrected chi connectivity index (χ2v) is 4.95. The van der Waals surface area contributed by atoms with Gasteiger partial charge in [-0.3, -0.25) is 9.59 Å². The number of ether oxygens (including phenoxy) is 2. The highest BCUT2D eigenvalue weighted by Gasteiger charge is 2.20. The summed E-state index contributed by atoms with van der Waals surface area (Å²) >= 11 is 0. The molecule has 2 N–H and O–H groups in total. The van der Waals surface area contributed by atoms with Crippen LogP contribution in [-0.4, -0.2) is 37.4 Å². The number of carboxylic acids is 1. The Kier molecular flexibility index (Phi) is 8.86. The first-order valence-corrected chi connectivity index (χ1v) is 7.23. The van der Waals surface area contributed by atoms with E-state index in [-0.39, 0.29) is 19.1 Å². The first kappa shape index (κ1) is 18.1. The molecular formula is C16H23NO5. The van der Waals surface area contributed by atoms with Gasteiger partial charge in [0.1, 0.15) is 6.73 Å². The standard InChI is InChI=1S/C16H23NO5/c1-21-12-17-16(20)14(10-15(18)19)8-5-9-22-11-13-6-3-2-4-7-13/h2-4,6-7,14H,5,8-12H2,1H3,(H,17,20)(H,18,19). The molecule has 6 heteroatoms. The number of hydrogen-bond donors (Lipinski definition) is 2. The van der Waals surface area contributed by atoms with E-state index in [0.717, 1.165) is 5.56 Å². The Hall–Kier alpha value is -1.92. The molecule has 0 aliphatic rings. The number of methoxy groups -OCH3 is 1. The lowest BCUT2D eigenvalue weighted by atomic mass is 9.99. The monoisotopic (exact) mass is 309 g/mol. The number of benzene rings is 1. The number of nitrogens with one attached hydrogen (secondary N) is 1. The lowest BCUT2D eigenvalue weighted by molar-refractivity contribution is -0.141. The van der Waals surface area contributed by atoms with Crippen LogP contribution in [0, 0.1) is 5.92 Å². The maximum Gasteiger partial charge on any atom is 0.304 e. The van der Waals surface area contributed by atoms with E-state index in [9.17, 15) is 9.59 Å². The minimum absolute atomic E-state index is 0.0828. The number of carbonyl (C=O) groups excluding carboxylic acids is 1. The number of amides is 1. The van der Waals surface area contributed by atoms with Crippen LogP contribution in [0.2, 0.25) is 0 Å². The maximum absolute atomic E-state index is 11.8. The summed E-state index contributed by atoms with van der Waals surface area (Å²) in [6, 6.07) is 9.79. The van der Waals surface area contributed by atoms with Crippen molar-refractivity contribution in [2.75, 3.05) is 20.4 Å². The molecule has 1 rings (SSSR count). The van der Waals surface area contributed by atoms with Crippen LogP contribution in [-0.2, 0) is 25.7 Å². The highest BCUT2D eigenvalue weighted by molar-refractivity contribution is 5.83. The second kappa shape index (κ2) is 10.8. The van der Waals surface area contributed by atoms with Gasteiger partial charge in [-0.05, 0) is 18.4 Å². The van der Waals surface area contributed by atoms with Gasteiger partial charge < -0.3 is 19.9 Å². The summed E-state index contributed by atoms with van der Waals surface area (Å²) in [4.78, 5) is 22.6. The zero-order chi connectivity index (χ0) is 16.2. The van der Waals surface area contributed by atoms with E-state index < -0.39 is 11.9 Å². The fourth-order valence-electron chi connectivity index (χ4n) is 2.02. The summed E-state index contributed by atoms with van der Waals surface area (Å²) in [7, 11) is 1.46. The summed E-state index contributed by atoms with van der Waals surface area (Å²) in [5, 5.41) is 11.4. The minimum Gasteiger partial charge on any atom is -0.481 e. The Labute approximate surface area is 130 Å². The van der Waals surface area contributed by atoms with Crippen molar-refractivity contribution in [1.29, 1.82) is 0 Å². The molecule has 0 bridgehead atoms. The van der Waals surface area contributed by atoms with Gasteiger partial charge in [0.05, 0.1) is 13.0 Å². The molecule has 1 amide bonds. The molecule has 0 saturated heterocycles. The predicted molar refractivity (Wildman–Crippen MR) is 81.1 cm³/mol. The van der Waals surface area contributed by atoms with Crippen LogP contribution in [0.4, 0.5) is 0 Å². The number of rotatable bonds is 11. The molecule has 1 atom stereocenters. The molecule has 0 saturated carbocycles. The summed E-state index contributed by atoms with van der Waals surface area (Å²) in [6.07, 6.45) is 0.913. The average molecular weight is 309 g/mol. The third-order valence-corrected chi connectivity index (χ3v) is 3.14. The lowest BCUT2D eigenvalue weighted by Crippen LogP contribution is -2.33.